The lowest BCUT2D eigenvalue weighted by Gasteiger charge is -2.35. The number of likely N-dealkylation sites (tertiary alicyclic amines) is 1. The molecule has 4 amide bonds. The number of carbonyl (C=O) groups excluding carboxylic acids is 3. The van der Waals surface area contributed by atoms with Crippen molar-refractivity contribution in [1.82, 2.24) is 30.8 Å². The summed E-state index contributed by atoms with van der Waals surface area (Å²) in [6.07, 6.45) is 4.97. The van der Waals surface area contributed by atoms with E-state index in [-0.39, 0.29) is 31.3 Å². The molecule has 2 saturated carbocycles. The van der Waals surface area contributed by atoms with Gasteiger partial charge in [-0.2, -0.15) is 0 Å². The number of amides is 4. The van der Waals surface area contributed by atoms with E-state index >= 15 is 0 Å². The van der Waals surface area contributed by atoms with Gasteiger partial charge in [0.25, 0.3) is 0 Å². The number of aryl methyl sites for hydroxylation is 1. The maximum absolute atomic E-state index is 14.6. The highest BCUT2D eigenvalue weighted by molar-refractivity contribution is 7.10. The van der Waals surface area contributed by atoms with Crippen molar-refractivity contribution in [2.45, 2.75) is 116 Å². The number of carboxylic acids is 1. The van der Waals surface area contributed by atoms with Crippen LogP contribution in [0.1, 0.15) is 89.6 Å². The van der Waals surface area contributed by atoms with Crippen molar-refractivity contribution in [2.24, 2.45) is 11.3 Å². The fourth-order valence-corrected chi connectivity index (χ4v) is 8.44. The molecule has 5 atom stereocenters. The van der Waals surface area contributed by atoms with Crippen LogP contribution in [0.25, 0.3) is 22.3 Å². The van der Waals surface area contributed by atoms with Gasteiger partial charge in [0, 0.05) is 46.7 Å². The Morgan fingerprint density at radius 3 is 2.43 bits per heavy atom. The van der Waals surface area contributed by atoms with Gasteiger partial charge in [0.1, 0.15) is 35.2 Å². The topological polar surface area (TPSA) is 172 Å². The third-order valence-electron chi connectivity index (χ3n) is 10.9. The molecular weight excluding hydrogens is 709 g/mol. The first-order valence-electron chi connectivity index (χ1n) is 18.7. The number of carboxylic acid groups (broad SMARTS) is 1. The van der Waals surface area contributed by atoms with Crippen LogP contribution in [0.2, 0.25) is 0 Å². The molecule has 290 valence electrons. The Morgan fingerprint density at radius 2 is 1.83 bits per heavy atom. The molecule has 2 aliphatic carbocycles. The van der Waals surface area contributed by atoms with E-state index < -0.39 is 58.9 Å². The van der Waals surface area contributed by atoms with Crippen LogP contribution in [0.4, 0.5) is 4.79 Å². The molecule has 3 aliphatic rings. The Morgan fingerprint density at radius 1 is 1.11 bits per heavy atom. The molecule has 1 saturated heterocycles. The first kappa shape index (κ1) is 39.0. The zero-order valence-corrected chi connectivity index (χ0v) is 33.0. The van der Waals surface area contributed by atoms with Gasteiger partial charge in [-0.15, -0.1) is 17.9 Å². The van der Waals surface area contributed by atoms with Gasteiger partial charge in [-0.1, -0.05) is 53.5 Å². The molecule has 13 nitrogen and oxygen atoms in total. The number of hydrogen-bond donors (Lipinski definition) is 4. The van der Waals surface area contributed by atoms with Gasteiger partial charge in [0.15, 0.2) is 0 Å². The number of pyridine rings is 1. The standard InChI is InChI=1S/C40H52N6O7S/c1-9-23-18-40(23,37(49)50)45-34(47)29-16-25(19-46(29)36(48)33(39(5,6)7)44-38(51)41-24-12-10-11-13-24)53-31-17-27(28-20-54-35(43-28)21(2)3)42-32-22(4)30(52-8)15-14-26(31)32/h9,14-15,17,20-21,23-25,29,33H,1,10-13,16,18-19H2,2-8H3,(H,45,47)(H,49,50)(H2,41,44,51)/t23-,25-,29+,33-,40-/m1/s1. The van der Waals surface area contributed by atoms with Gasteiger partial charge in [-0.05, 0) is 43.7 Å². The smallest absolute Gasteiger partial charge is 0.330 e. The normalized spacial score (nSPS) is 23.3. The highest BCUT2D eigenvalue weighted by Gasteiger charge is 2.61. The second-order valence-corrected chi connectivity index (χ2v) is 17.1. The number of nitrogens with zero attached hydrogens (tertiary/aromatic N) is 3. The van der Waals surface area contributed by atoms with Crippen LogP contribution in [0.3, 0.4) is 0 Å². The number of rotatable bonds is 12. The van der Waals surface area contributed by atoms with Crippen LogP contribution < -0.4 is 25.4 Å². The van der Waals surface area contributed by atoms with Crippen LogP contribution in [-0.4, -0.2) is 87.2 Å². The number of aliphatic carboxylic acids is 1. The molecule has 4 N–H and O–H groups in total. The minimum Gasteiger partial charge on any atom is -0.496 e. The van der Waals surface area contributed by atoms with Crippen LogP contribution in [0, 0.1) is 18.3 Å². The van der Waals surface area contributed by atoms with E-state index in [4.69, 9.17) is 19.4 Å². The maximum atomic E-state index is 14.6. The summed E-state index contributed by atoms with van der Waals surface area (Å²) in [5, 5.41) is 22.4. The van der Waals surface area contributed by atoms with Crippen molar-refractivity contribution < 1.29 is 33.8 Å². The summed E-state index contributed by atoms with van der Waals surface area (Å²) >= 11 is 1.56. The summed E-state index contributed by atoms with van der Waals surface area (Å²) in [7, 11) is 1.60. The second kappa shape index (κ2) is 15.2. The number of nitrogens with one attached hydrogen (secondary N) is 3. The van der Waals surface area contributed by atoms with Gasteiger partial charge in [0.2, 0.25) is 11.8 Å². The molecule has 3 fully saturated rings. The van der Waals surface area contributed by atoms with Crippen molar-refractivity contribution in [3.05, 3.63) is 46.8 Å². The highest BCUT2D eigenvalue weighted by atomic mass is 32.1. The summed E-state index contributed by atoms with van der Waals surface area (Å²) in [5.74, 6) is -1.26. The first-order chi connectivity index (χ1) is 25.6. The molecule has 54 heavy (non-hydrogen) atoms. The third-order valence-corrected chi connectivity index (χ3v) is 12.0. The lowest BCUT2D eigenvalue weighted by molar-refractivity contribution is -0.146. The molecule has 0 radical (unpaired) electrons. The van der Waals surface area contributed by atoms with Crippen LogP contribution in [0.5, 0.6) is 11.5 Å². The van der Waals surface area contributed by atoms with Crippen molar-refractivity contribution >= 4 is 46.1 Å². The van der Waals surface area contributed by atoms with Crippen LogP contribution in [-0.2, 0) is 14.4 Å². The molecule has 6 rings (SSSR count). The summed E-state index contributed by atoms with van der Waals surface area (Å²) in [4.78, 5) is 65.6. The van der Waals surface area contributed by atoms with Crippen molar-refractivity contribution in [1.29, 1.82) is 0 Å². The van der Waals surface area contributed by atoms with E-state index in [0.29, 0.717) is 28.4 Å². The third kappa shape index (κ3) is 7.75. The zero-order valence-electron chi connectivity index (χ0n) is 32.2. The molecule has 3 aromatic rings. The maximum Gasteiger partial charge on any atom is 0.330 e. The van der Waals surface area contributed by atoms with Crippen molar-refractivity contribution in [3.63, 3.8) is 0 Å². The molecule has 0 unspecified atom stereocenters. The molecule has 0 bridgehead atoms. The predicted molar refractivity (Wildman–Crippen MR) is 207 cm³/mol. The Hall–Kier alpha value is -4.72. The van der Waals surface area contributed by atoms with E-state index in [2.05, 4.69) is 36.4 Å². The Labute approximate surface area is 320 Å². The fourth-order valence-electron chi connectivity index (χ4n) is 7.62. The molecule has 1 aromatic carbocycles. The van der Waals surface area contributed by atoms with Gasteiger partial charge >= 0.3 is 12.0 Å². The number of urea groups is 1. The first-order valence-corrected chi connectivity index (χ1v) is 19.6. The summed E-state index contributed by atoms with van der Waals surface area (Å²) in [5.41, 5.74) is 0.565. The van der Waals surface area contributed by atoms with Gasteiger partial charge < -0.3 is 35.4 Å². The van der Waals surface area contributed by atoms with E-state index in [9.17, 15) is 24.3 Å². The highest BCUT2D eigenvalue weighted by Crippen LogP contribution is 2.45. The average molecular weight is 761 g/mol. The number of ether oxygens (including phenoxy) is 2. The lowest BCUT2D eigenvalue weighted by Crippen LogP contribution is -2.60. The largest absolute Gasteiger partial charge is 0.496 e. The van der Waals surface area contributed by atoms with E-state index in [1.54, 1.807) is 18.4 Å². The Kier molecular flexibility index (Phi) is 11.0. The second-order valence-electron chi connectivity index (χ2n) is 16.2. The van der Waals surface area contributed by atoms with E-state index in [1.165, 1.54) is 11.0 Å². The number of carbonyl (C=O) groups is 4. The van der Waals surface area contributed by atoms with Crippen molar-refractivity contribution in [2.75, 3.05) is 13.7 Å². The molecule has 14 heteroatoms. The Balaban J connectivity index is 1.35. The quantitative estimate of drug-likeness (QED) is 0.163. The molecular formula is C40H52N6O7S. The van der Waals surface area contributed by atoms with Gasteiger partial charge in [0.05, 0.1) is 35.6 Å². The molecule has 1 aliphatic heterocycles. The summed E-state index contributed by atoms with van der Waals surface area (Å²) in [6.45, 7) is 15.4. The minimum atomic E-state index is -1.50. The van der Waals surface area contributed by atoms with Crippen molar-refractivity contribution in [3.8, 4) is 22.9 Å². The lowest BCUT2D eigenvalue weighted by atomic mass is 9.85. The minimum absolute atomic E-state index is 0.0167. The molecule has 3 heterocycles. The fraction of sp³-hybridized carbons (Fsp3) is 0.550. The molecule has 0 spiro atoms. The monoisotopic (exact) mass is 760 g/mol. The number of benzene rings is 1. The average Bonchev–Trinajstić information content (AvgIpc) is 3.57. The number of thiazole rings is 1. The number of methoxy groups -OCH3 is 1. The van der Waals surface area contributed by atoms with E-state index in [1.807, 2.05) is 51.3 Å². The van der Waals surface area contributed by atoms with Crippen LogP contribution in [0.15, 0.2) is 36.2 Å². The number of hydrogen-bond acceptors (Lipinski definition) is 9. The summed E-state index contributed by atoms with van der Waals surface area (Å²) < 4.78 is 12.4. The van der Waals surface area contributed by atoms with E-state index in [0.717, 1.165) is 41.6 Å². The SMILES string of the molecule is C=C[C@@H]1C[C@]1(NC(=O)[C@@H]1C[C@@H](Oc2cc(-c3csc(C(C)C)n3)nc3c(C)c(OC)ccc23)CN1C(=O)[C@@H](NC(=O)NC1CCCC1)C(C)(C)C)C(=O)O. The molecule has 2 aromatic heterocycles. The van der Waals surface area contributed by atoms with Gasteiger partial charge in [-0.25, -0.2) is 19.6 Å². The van der Waals surface area contributed by atoms with Gasteiger partial charge in [-0.3, -0.25) is 9.59 Å². The Bertz CT molecular complexity index is 1950. The van der Waals surface area contributed by atoms with Crippen LogP contribution >= 0.6 is 11.3 Å². The summed E-state index contributed by atoms with van der Waals surface area (Å²) in [6, 6.07) is 3.08. The predicted octanol–water partition coefficient (Wildman–Crippen LogP) is 5.95. The zero-order chi connectivity index (χ0) is 39.1. The number of fused-ring (bicyclic) bond motifs is 1. The number of aromatic nitrogens is 2.